The Kier molecular flexibility index (Phi) is 11.9. The first kappa shape index (κ1) is 28.7. The maximum Gasteiger partial charge on any atom is 0.326 e. The predicted octanol–water partition coefficient (Wildman–Crippen LogP) is -3.37. The van der Waals surface area contributed by atoms with Crippen LogP contribution in [0.15, 0.2) is 0 Å². The van der Waals surface area contributed by atoms with Crippen molar-refractivity contribution in [1.29, 1.82) is 0 Å². The predicted molar refractivity (Wildman–Crippen MR) is 109 cm³/mol. The Hall–Kier alpha value is -3.26. The van der Waals surface area contributed by atoms with Gasteiger partial charge in [-0.25, -0.2) is 4.79 Å². The van der Waals surface area contributed by atoms with Crippen molar-refractivity contribution < 1.29 is 44.1 Å². The first-order valence-corrected chi connectivity index (χ1v) is 9.78. The molecule has 0 saturated carbocycles. The van der Waals surface area contributed by atoms with Crippen LogP contribution in [-0.4, -0.2) is 81.2 Å². The van der Waals surface area contributed by atoms with Gasteiger partial charge in [0.05, 0.1) is 25.0 Å². The molecular weight excluding hydrogens is 430 g/mol. The second kappa shape index (κ2) is 13.2. The monoisotopic (exact) mass is 461 g/mol. The van der Waals surface area contributed by atoms with E-state index < -0.39 is 84.6 Å². The fourth-order valence-electron chi connectivity index (χ4n) is 2.56. The van der Waals surface area contributed by atoms with E-state index in [1.54, 1.807) is 13.8 Å². The van der Waals surface area contributed by atoms with Crippen LogP contribution in [0.5, 0.6) is 0 Å². The minimum atomic E-state index is -1.66. The van der Waals surface area contributed by atoms with Crippen LogP contribution in [0.3, 0.4) is 0 Å². The van der Waals surface area contributed by atoms with Gasteiger partial charge in [0.2, 0.25) is 23.6 Å². The molecule has 14 heteroatoms. The number of aliphatic hydroxyl groups excluding tert-OH is 1. The summed E-state index contributed by atoms with van der Waals surface area (Å²) in [7, 11) is 0. The molecule has 14 nitrogen and oxygen atoms in total. The van der Waals surface area contributed by atoms with E-state index in [0.717, 1.165) is 6.92 Å². The Balaban J connectivity index is 5.51. The molecule has 0 spiro atoms. The molecule has 0 bridgehead atoms. The molecule has 0 saturated heterocycles. The zero-order valence-electron chi connectivity index (χ0n) is 18.0. The normalized spacial score (nSPS) is 16.4. The number of carbonyl (C=O) groups is 6. The van der Waals surface area contributed by atoms with E-state index in [9.17, 15) is 39.0 Å². The number of aliphatic carboxylic acids is 2. The molecule has 4 amide bonds. The van der Waals surface area contributed by atoms with Gasteiger partial charge in [0.1, 0.15) is 18.1 Å². The molecule has 0 rings (SSSR count). The third-order valence-electron chi connectivity index (χ3n) is 4.61. The van der Waals surface area contributed by atoms with E-state index in [-0.39, 0.29) is 0 Å². The molecular formula is C18H31N5O9. The highest BCUT2D eigenvalue weighted by Gasteiger charge is 2.34. The molecule has 10 N–H and O–H groups in total. The van der Waals surface area contributed by atoms with Crippen LogP contribution in [0, 0.1) is 5.92 Å². The summed E-state index contributed by atoms with van der Waals surface area (Å²) in [6.07, 6.45) is -2.51. The van der Waals surface area contributed by atoms with E-state index in [2.05, 4.69) is 16.0 Å². The van der Waals surface area contributed by atoms with Gasteiger partial charge in [-0.3, -0.25) is 24.0 Å². The summed E-state index contributed by atoms with van der Waals surface area (Å²) in [6.45, 7) is 4.43. The third kappa shape index (κ3) is 9.70. The van der Waals surface area contributed by atoms with Crippen molar-refractivity contribution in [3.8, 4) is 0 Å². The lowest BCUT2D eigenvalue weighted by atomic mass is 9.98. The van der Waals surface area contributed by atoms with Crippen molar-refractivity contribution in [3.05, 3.63) is 0 Å². The number of aliphatic hydroxyl groups is 1. The Morgan fingerprint density at radius 3 is 1.78 bits per heavy atom. The van der Waals surface area contributed by atoms with Crippen LogP contribution in [0.25, 0.3) is 0 Å². The van der Waals surface area contributed by atoms with Crippen LogP contribution >= 0.6 is 0 Å². The second-order valence-electron chi connectivity index (χ2n) is 7.37. The number of rotatable bonds is 14. The Morgan fingerprint density at radius 1 is 0.844 bits per heavy atom. The molecule has 32 heavy (non-hydrogen) atoms. The number of primary amides is 1. The molecule has 0 fully saturated rings. The van der Waals surface area contributed by atoms with Gasteiger partial charge in [-0.2, -0.15) is 0 Å². The van der Waals surface area contributed by atoms with Crippen molar-refractivity contribution in [3.63, 3.8) is 0 Å². The van der Waals surface area contributed by atoms with Gasteiger partial charge in [-0.1, -0.05) is 20.3 Å². The Morgan fingerprint density at radius 2 is 1.38 bits per heavy atom. The van der Waals surface area contributed by atoms with E-state index in [4.69, 9.17) is 16.6 Å². The van der Waals surface area contributed by atoms with E-state index in [1.165, 1.54) is 0 Å². The summed E-state index contributed by atoms with van der Waals surface area (Å²) in [6, 6.07) is -6.08. The van der Waals surface area contributed by atoms with Gasteiger partial charge < -0.3 is 42.7 Å². The zero-order valence-corrected chi connectivity index (χ0v) is 18.0. The average Bonchev–Trinajstić information content (AvgIpc) is 2.66. The molecule has 0 heterocycles. The minimum absolute atomic E-state index is 0.414. The van der Waals surface area contributed by atoms with Crippen molar-refractivity contribution in [2.75, 3.05) is 0 Å². The summed E-state index contributed by atoms with van der Waals surface area (Å²) in [5, 5.41) is 34.3. The fraction of sp³-hybridized carbons (Fsp3) is 0.667. The van der Waals surface area contributed by atoms with Crippen molar-refractivity contribution in [2.45, 2.75) is 70.3 Å². The van der Waals surface area contributed by atoms with Crippen molar-refractivity contribution in [2.24, 2.45) is 17.4 Å². The third-order valence-corrected chi connectivity index (χ3v) is 4.61. The molecule has 0 aliphatic rings. The number of hydrogen-bond donors (Lipinski definition) is 8. The molecule has 0 aliphatic heterocycles. The number of nitrogens with two attached hydrogens (primary N) is 2. The molecule has 182 valence electrons. The average molecular weight is 461 g/mol. The fourth-order valence-corrected chi connectivity index (χ4v) is 2.56. The van der Waals surface area contributed by atoms with Crippen molar-refractivity contribution >= 4 is 35.6 Å². The highest BCUT2D eigenvalue weighted by molar-refractivity contribution is 5.96. The largest absolute Gasteiger partial charge is 0.481 e. The maximum absolute atomic E-state index is 12.6. The molecule has 0 radical (unpaired) electrons. The lowest BCUT2D eigenvalue weighted by Gasteiger charge is -2.27. The lowest BCUT2D eigenvalue weighted by Crippen LogP contribution is -2.60. The van der Waals surface area contributed by atoms with Gasteiger partial charge in [-0.15, -0.1) is 0 Å². The zero-order chi connectivity index (χ0) is 25.2. The van der Waals surface area contributed by atoms with Crippen molar-refractivity contribution in [1.82, 2.24) is 16.0 Å². The molecule has 0 aromatic heterocycles. The molecule has 0 aromatic rings. The number of carboxylic acids is 2. The van der Waals surface area contributed by atoms with Crippen LogP contribution in [0.2, 0.25) is 0 Å². The van der Waals surface area contributed by atoms with E-state index in [1.807, 2.05) is 0 Å². The molecule has 0 aromatic carbocycles. The minimum Gasteiger partial charge on any atom is -0.481 e. The number of nitrogens with one attached hydrogen (secondary N) is 3. The van der Waals surface area contributed by atoms with Gasteiger partial charge in [0.25, 0.3) is 0 Å². The summed E-state index contributed by atoms with van der Waals surface area (Å²) in [5.74, 6) is -7.30. The van der Waals surface area contributed by atoms with Gasteiger partial charge in [0.15, 0.2) is 0 Å². The number of hydrogen-bond acceptors (Lipinski definition) is 8. The number of amides is 4. The SMILES string of the molecule is CCC(C)C(NC(=O)C(CC(N)=O)NC(=O)C(NC(=O)C(N)CC(=O)O)C(C)O)C(=O)O. The summed E-state index contributed by atoms with van der Waals surface area (Å²) in [5.41, 5.74) is 10.5. The lowest BCUT2D eigenvalue weighted by molar-refractivity contribution is -0.144. The van der Waals surface area contributed by atoms with Crippen LogP contribution in [0.1, 0.15) is 40.0 Å². The highest BCUT2D eigenvalue weighted by Crippen LogP contribution is 2.09. The van der Waals surface area contributed by atoms with Crippen LogP contribution in [0.4, 0.5) is 0 Å². The maximum atomic E-state index is 12.6. The van der Waals surface area contributed by atoms with Crippen LogP contribution in [-0.2, 0) is 28.8 Å². The van der Waals surface area contributed by atoms with Gasteiger partial charge >= 0.3 is 11.9 Å². The van der Waals surface area contributed by atoms with Gasteiger partial charge in [0, 0.05) is 0 Å². The number of carbonyl (C=O) groups excluding carboxylic acids is 4. The smallest absolute Gasteiger partial charge is 0.326 e. The first-order chi connectivity index (χ1) is 14.7. The topological polar surface area (TPSA) is 251 Å². The Bertz CT molecular complexity index is 728. The standard InChI is InChI=1S/C18H31N5O9/c1-4-7(2)13(18(31)32)22-16(29)10(6-11(20)25)21-17(30)14(8(3)24)23-15(28)9(19)5-12(26)27/h7-10,13-14,24H,4-6,19H2,1-3H3,(H2,20,25)(H,21,30)(H,22,29)(H,23,28)(H,26,27)(H,31,32). The quantitative estimate of drug-likeness (QED) is 0.127. The van der Waals surface area contributed by atoms with Gasteiger partial charge in [-0.05, 0) is 12.8 Å². The van der Waals surface area contributed by atoms with E-state index >= 15 is 0 Å². The number of carboxylic acid groups (broad SMARTS) is 2. The highest BCUT2D eigenvalue weighted by atomic mass is 16.4. The van der Waals surface area contributed by atoms with Crippen LogP contribution < -0.4 is 27.4 Å². The summed E-state index contributed by atoms with van der Waals surface area (Å²) >= 11 is 0. The second-order valence-corrected chi connectivity index (χ2v) is 7.37. The molecule has 6 unspecified atom stereocenters. The molecule has 0 aliphatic carbocycles. The summed E-state index contributed by atoms with van der Waals surface area (Å²) < 4.78 is 0. The Labute approximate surface area is 184 Å². The van der Waals surface area contributed by atoms with E-state index in [0.29, 0.717) is 6.42 Å². The molecule has 6 atom stereocenters. The first-order valence-electron chi connectivity index (χ1n) is 9.78. The summed E-state index contributed by atoms with van der Waals surface area (Å²) in [4.78, 5) is 70.6.